The molecule has 2 atom stereocenters. The van der Waals surface area contributed by atoms with E-state index in [1.165, 1.54) is 0 Å². The molecule has 194 valence electrons. The van der Waals surface area contributed by atoms with Crippen LogP contribution < -0.4 is 10.6 Å². The van der Waals surface area contributed by atoms with Crippen LogP contribution in [0.15, 0.2) is 24.3 Å². The Balaban J connectivity index is 3.28. The van der Waals surface area contributed by atoms with E-state index < -0.39 is 48.1 Å². The van der Waals surface area contributed by atoms with Gasteiger partial charge in [0.25, 0.3) is 0 Å². The first-order valence-corrected chi connectivity index (χ1v) is 11.9. The first-order valence-electron chi connectivity index (χ1n) is 11.2. The lowest BCUT2D eigenvalue weighted by molar-refractivity contribution is -0.144. The Hall–Kier alpha value is -3.70. The smallest absolute Gasteiger partial charge is 0.408 e. The first kappa shape index (κ1) is 30.3. The number of nitrogens with zero attached hydrogens (tertiary/aromatic N) is 2. The molecular weight excluding hydrogens is 484 g/mol. The molecule has 0 saturated carbocycles. The van der Waals surface area contributed by atoms with Crippen molar-refractivity contribution in [3.63, 3.8) is 0 Å². The maximum absolute atomic E-state index is 13.4. The highest BCUT2D eigenvalue weighted by molar-refractivity contribution is 7.80. The Morgan fingerprint density at radius 3 is 2.33 bits per heavy atom. The minimum absolute atomic E-state index is 0.0443. The SMILES string of the molecule is C#Cc1ccc(C(C(=O)NCCC(=O)OCC)N(CC#N)C(=O)C(CS)NC(=O)OC(C)(C)C)cc1. The van der Waals surface area contributed by atoms with Gasteiger partial charge in [-0.3, -0.25) is 14.4 Å². The van der Waals surface area contributed by atoms with E-state index in [2.05, 4.69) is 29.2 Å². The number of carbonyl (C=O) groups excluding carboxylic acids is 4. The van der Waals surface area contributed by atoms with Gasteiger partial charge in [-0.05, 0) is 45.4 Å². The highest BCUT2D eigenvalue weighted by Crippen LogP contribution is 2.23. The average Bonchev–Trinajstić information content (AvgIpc) is 2.81. The predicted molar refractivity (Wildman–Crippen MR) is 136 cm³/mol. The molecule has 3 amide bonds. The molecule has 0 bridgehead atoms. The van der Waals surface area contributed by atoms with Crippen molar-refractivity contribution < 1.29 is 28.7 Å². The van der Waals surface area contributed by atoms with Crippen LogP contribution in [0.4, 0.5) is 4.79 Å². The van der Waals surface area contributed by atoms with Crippen molar-refractivity contribution in [3.05, 3.63) is 35.4 Å². The molecular formula is C25H32N4O6S. The number of thiol groups is 1. The summed E-state index contributed by atoms with van der Waals surface area (Å²) in [7, 11) is 0. The van der Waals surface area contributed by atoms with Crippen LogP contribution in [0.2, 0.25) is 0 Å². The molecule has 0 radical (unpaired) electrons. The maximum Gasteiger partial charge on any atom is 0.408 e. The lowest BCUT2D eigenvalue weighted by Gasteiger charge is -2.32. The van der Waals surface area contributed by atoms with Crippen LogP contribution in [-0.4, -0.2) is 65.9 Å². The number of terminal acetylenes is 1. The van der Waals surface area contributed by atoms with Crippen molar-refractivity contribution in [1.29, 1.82) is 5.26 Å². The van der Waals surface area contributed by atoms with Gasteiger partial charge in [0.1, 0.15) is 24.2 Å². The molecule has 0 aliphatic rings. The number of nitrogens with one attached hydrogen (secondary N) is 2. The van der Waals surface area contributed by atoms with E-state index in [1.54, 1.807) is 52.0 Å². The first-order chi connectivity index (χ1) is 17.0. The lowest BCUT2D eigenvalue weighted by Crippen LogP contribution is -2.54. The third-order valence-electron chi connectivity index (χ3n) is 4.58. The Morgan fingerprint density at radius 2 is 1.83 bits per heavy atom. The van der Waals surface area contributed by atoms with E-state index in [0.717, 1.165) is 4.90 Å². The number of rotatable bonds is 11. The number of benzene rings is 1. The summed E-state index contributed by atoms with van der Waals surface area (Å²) in [6.45, 7) is 6.37. The zero-order valence-electron chi connectivity index (χ0n) is 20.9. The third kappa shape index (κ3) is 9.88. The molecule has 2 unspecified atom stereocenters. The van der Waals surface area contributed by atoms with Crippen molar-refractivity contribution in [2.24, 2.45) is 0 Å². The van der Waals surface area contributed by atoms with Gasteiger partial charge in [-0.1, -0.05) is 18.1 Å². The van der Waals surface area contributed by atoms with Gasteiger partial charge in [0.05, 0.1) is 19.1 Å². The number of esters is 1. The Kier molecular flexibility index (Phi) is 12.3. The Morgan fingerprint density at radius 1 is 1.19 bits per heavy atom. The van der Waals surface area contributed by atoms with Crippen LogP contribution in [0.3, 0.4) is 0 Å². The van der Waals surface area contributed by atoms with Crippen LogP contribution in [0.25, 0.3) is 0 Å². The number of carbonyl (C=O) groups is 4. The van der Waals surface area contributed by atoms with Crippen LogP contribution in [0, 0.1) is 23.7 Å². The van der Waals surface area contributed by atoms with E-state index in [9.17, 15) is 24.4 Å². The predicted octanol–water partition coefficient (Wildman–Crippen LogP) is 1.95. The summed E-state index contributed by atoms with van der Waals surface area (Å²) >= 11 is 4.16. The quantitative estimate of drug-likeness (QED) is 0.177. The van der Waals surface area contributed by atoms with Gasteiger partial charge in [0.15, 0.2) is 0 Å². The van der Waals surface area contributed by atoms with Crippen molar-refractivity contribution in [1.82, 2.24) is 15.5 Å². The van der Waals surface area contributed by atoms with Crippen molar-refractivity contribution >= 4 is 36.5 Å². The number of alkyl carbamates (subject to hydrolysis) is 1. The van der Waals surface area contributed by atoms with Crippen LogP contribution in [0.5, 0.6) is 0 Å². The number of amides is 3. The minimum atomic E-state index is -1.26. The molecule has 0 spiro atoms. The number of hydrogen-bond acceptors (Lipinski definition) is 8. The minimum Gasteiger partial charge on any atom is -0.466 e. The van der Waals surface area contributed by atoms with Gasteiger partial charge in [-0.2, -0.15) is 17.9 Å². The monoisotopic (exact) mass is 516 g/mol. The summed E-state index contributed by atoms with van der Waals surface area (Å²) < 4.78 is 10.1. The molecule has 2 N–H and O–H groups in total. The molecule has 0 aliphatic heterocycles. The molecule has 0 aliphatic carbocycles. The summed E-state index contributed by atoms with van der Waals surface area (Å²) in [4.78, 5) is 51.6. The molecule has 1 aromatic carbocycles. The van der Waals surface area contributed by atoms with Gasteiger partial charge in [-0.15, -0.1) is 6.42 Å². The summed E-state index contributed by atoms with van der Waals surface area (Å²) in [5.74, 6) is 0.509. The van der Waals surface area contributed by atoms with Crippen LogP contribution in [-0.2, 0) is 23.9 Å². The normalized spacial score (nSPS) is 12.2. The molecule has 0 saturated heterocycles. The molecule has 1 rings (SSSR count). The van der Waals surface area contributed by atoms with Crippen LogP contribution >= 0.6 is 12.6 Å². The fraction of sp³-hybridized carbons (Fsp3) is 0.480. The lowest BCUT2D eigenvalue weighted by atomic mass is 10.0. The van der Waals surface area contributed by atoms with Gasteiger partial charge >= 0.3 is 12.1 Å². The van der Waals surface area contributed by atoms with Crippen molar-refractivity contribution in [2.75, 3.05) is 25.4 Å². The molecule has 10 nitrogen and oxygen atoms in total. The molecule has 0 aromatic heterocycles. The summed E-state index contributed by atoms with van der Waals surface area (Å²) in [5, 5.41) is 14.5. The second-order valence-electron chi connectivity index (χ2n) is 8.52. The van der Waals surface area contributed by atoms with Gasteiger partial charge in [0.2, 0.25) is 11.8 Å². The molecule has 11 heteroatoms. The van der Waals surface area contributed by atoms with Gasteiger partial charge < -0.3 is 25.0 Å². The van der Waals surface area contributed by atoms with E-state index in [1.807, 2.05) is 6.07 Å². The zero-order chi connectivity index (χ0) is 27.3. The van der Waals surface area contributed by atoms with E-state index in [4.69, 9.17) is 15.9 Å². The molecule has 36 heavy (non-hydrogen) atoms. The molecule has 1 aromatic rings. The Labute approximate surface area is 217 Å². The number of ether oxygens (including phenoxy) is 2. The van der Waals surface area contributed by atoms with Crippen LogP contribution in [0.1, 0.15) is 51.3 Å². The highest BCUT2D eigenvalue weighted by Gasteiger charge is 2.35. The standard InChI is InChI=1S/C25H32N4O6S/c1-6-17-8-10-18(11-9-17)21(22(31)27-14-12-20(30)34-7-2)29(15-13-26)23(32)19(16-36)28-24(33)35-25(3,4)5/h1,8-11,19,21,36H,7,12,14-16H2,2-5H3,(H,27,31)(H,28,33). The zero-order valence-corrected chi connectivity index (χ0v) is 21.8. The molecule has 0 heterocycles. The second kappa shape index (κ2) is 14.6. The van der Waals surface area contributed by atoms with E-state index in [0.29, 0.717) is 11.1 Å². The topological polar surface area (TPSA) is 138 Å². The van der Waals surface area contributed by atoms with Crippen molar-refractivity contribution in [2.45, 2.75) is 51.8 Å². The average molecular weight is 517 g/mol. The largest absolute Gasteiger partial charge is 0.466 e. The summed E-state index contributed by atoms with van der Waals surface area (Å²) in [6.07, 6.45) is 4.49. The fourth-order valence-electron chi connectivity index (χ4n) is 3.06. The fourth-order valence-corrected chi connectivity index (χ4v) is 3.31. The summed E-state index contributed by atoms with van der Waals surface area (Å²) in [6, 6.07) is 5.78. The maximum atomic E-state index is 13.4. The summed E-state index contributed by atoms with van der Waals surface area (Å²) in [5.41, 5.74) is 0.125. The highest BCUT2D eigenvalue weighted by atomic mass is 32.1. The second-order valence-corrected chi connectivity index (χ2v) is 8.89. The third-order valence-corrected chi connectivity index (χ3v) is 4.95. The van der Waals surface area contributed by atoms with E-state index in [-0.39, 0.29) is 25.3 Å². The van der Waals surface area contributed by atoms with Gasteiger partial charge in [-0.25, -0.2) is 4.79 Å². The van der Waals surface area contributed by atoms with E-state index >= 15 is 0 Å². The number of nitriles is 1. The number of hydrogen-bond donors (Lipinski definition) is 3. The van der Waals surface area contributed by atoms with Gasteiger partial charge in [0, 0.05) is 17.9 Å². The molecule has 0 fully saturated rings. The van der Waals surface area contributed by atoms with Crippen molar-refractivity contribution in [3.8, 4) is 18.4 Å². The Bertz CT molecular complexity index is 1010.